The molecule has 8 heterocycles. The number of hydrogen-bond acceptors (Lipinski definition) is 10. The van der Waals surface area contributed by atoms with E-state index in [0.717, 1.165) is 80.8 Å². The lowest BCUT2D eigenvalue weighted by molar-refractivity contribution is 0.00817. The first-order valence-corrected chi connectivity index (χ1v) is 19.9. The number of piperidine rings is 1. The second kappa shape index (κ2) is 16.1. The van der Waals surface area contributed by atoms with E-state index in [0.29, 0.717) is 68.1 Å². The number of amides is 2. The minimum Gasteiger partial charge on any atom is -0.461 e. The van der Waals surface area contributed by atoms with Crippen LogP contribution in [0, 0.1) is 5.82 Å². The molecule has 0 spiro atoms. The molecule has 4 aromatic rings. The number of hydrogen-bond donors (Lipinski definition) is 1. The Hall–Kier alpha value is -4.99. The van der Waals surface area contributed by atoms with E-state index in [1.165, 1.54) is 0 Å². The molecule has 0 saturated carbocycles. The van der Waals surface area contributed by atoms with Gasteiger partial charge in [-0.3, -0.25) is 9.88 Å². The molecule has 304 valence electrons. The highest BCUT2D eigenvalue weighted by Gasteiger charge is 2.45. The minimum atomic E-state index is -3.67. The van der Waals surface area contributed by atoms with E-state index in [-0.39, 0.29) is 29.4 Å². The van der Waals surface area contributed by atoms with Gasteiger partial charge in [-0.2, -0.15) is 23.1 Å². The molecule has 2 aromatic carbocycles. The lowest BCUT2D eigenvalue weighted by atomic mass is 9.91. The van der Waals surface area contributed by atoms with E-state index < -0.39 is 30.2 Å². The molecule has 10 rings (SSSR count). The number of carbonyl (C=O) groups excluding carboxylic acids is 2. The van der Waals surface area contributed by atoms with Crippen molar-refractivity contribution in [2.24, 2.45) is 0 Å². The number of nitrogens with one attached hydrogen (secondary N) is 1. The van der Waals surface area contributed by atoms with Gasteiger partial charge in [-0.05, 0) is 113 Å². The number of benzene rings is 2. The summed E-state index contributed by atoms with van der Waals surface area (Å²) in [7, 11) is 0. The number of anilines is 1. The van der Waals surface area contributed by atoms with Crippen molar-refractivity contribution in [3.05, 3.63) is 47.9 Å². The summed E-state index contributed by atoms with van der Waals surface area (Å²) in [6, 6.07) is 9.49. The molecular weight excluding hydrogens is 746 g/mol. The van der Waals surface area contributed by atoms with Crippen LogP contribution in [0.15, 0.2) is 36.5 Å². The van der Waals surface area contributed by atoms with Gasteiger partial charge in [0.05, 0.1) is 23.1 Å². The van der Waals surface area contributed by atoms with Gasteiger partial charge in [0, 0.05) is 37.9 Å². The molecule has 1 N–H and O–H groups in total. The van der Waals surface area contributed by atoms with Crippen molar-refractivity contribution >= 4 is 39.7 Å². The lowest BCUT2D eigenvalue weighted by Gasteiger charge is -2.41. The fourth-order valence-electron chi connectivity index (χ4n) is 9.40. The van der Waals surface area contributed by atoms with Crippen molar-refractivity contribution in [1.29, 1.82) is 0 Å². The maximum atomic E-state index is 17.4. The van der Waals surface area contributed by atoms with Crippen LogP contribution in [0.4, 0.5) is 33.0 Å². The van der Waals surface area contributed by atoms with Crippen molar-refractivity contribution in [3.8, 4) is 23.0 Å². The van der Waals surface area contributed by atoms with Crippen molar-refractivity contribution in [3.63, 3.8) is 0 Å². The highest BCUT2D eigenvalue weighted by atomic mass is 19.4. The SMILES string of the molecule is CC12CCCN(C1)c1nc(OCC34CCCN3CCC4)nc3c(F)c(ncc13)-c1cc(OC(=O)N3CCCC3)cc3cccc(c13)CCCOC(=O)N2.FC(F)F. The maximum Gasteiger partial charge on any atom is 0.415 e. The van der Waals surface area contributed by atoms with Crippen LogP contribution < -0.4 is 19.7 Å². The van der Waals surface area contributed by atoms with Crippen LogP contribution in [0.3, 0.4) is 0 Å². The van der Waals surface area contributed by atoms with Crippen LogP contribution in [0.25, 0.3) is 32.9 Å². The molecule has 2 aromatic heterocycles. The number of fused-ring (bicyclic) bond motifs is 7. The van der Waals surface area contributed by atoms with Crippen molar-refractivity contribution in [1.82, 2.24) is 30.1 Å². The molecule has 1 unspecified atom stereocenters. The average Bonchev–Trinajstić information content (AvgIpc) is 3.94. The van der Waals surface area contributed by atoms with Gasteiger partial charge in [0.2, 0.25) is 0 Å². The normalized spacial score (nSPS) is 22.0. The Labute approximate surface area is 327 Å². The van der Waals surface area contributed by atoms with Crippen molar-refractivity contribution < 1.29 is 41.4 Å². The lowest BCUT2D eigenvalue weighted by Crippen LogP contribution is -2.57. The van der Waals surface area contributed by atoms with Gasteiger partial charge in [0.1, 0.15) is 29.4 Å². The molecule has 16 heteroatoms. The fourth-order valence-corrected chi connectivity index (χ4v) is 9.40. The fraction of sp³-hybridized carbons (Fsp3) is 0.537. The molecule has 4 fully saturated rings. The molecule has 6 aliphatic heterocycles. The Kier molecular flexibility index (Phi) is 11.0. The summed E-state index contributed by atoms with van der Waals surface area (Å²) < 4.78 is 64.5. The summed E-state index contributed by atoms with van der Waals surface area (Å²) in [5.74, 6) is 0.224. The van der Waals surface area contributed by atoms with Gasteiger partial charge in [-0.15, -0.1) is 0 Å². The van der Waals surface area contributed by atoms with Crippen LogP contribution in [0.1, 0.15) is 70.3 Å². The molecule has 2 amide bonds. The molecular formula is C41H47F4N7O5. The second-order valence-electron chi connectivity index (χ2n) is 16.0. The maximum absolute atomic E-state index is 17.4. The van der Waals surface area contributed by atoms with Gasteiger partial charge < -0.3 is 29.3 Å². The first kappa shape index (κ1) is 38.9. The molecule has 4 saturated heterocycles. The smallest absolute Gasteiger partial charge is 0.415 e. The topological polar surface area (TPSA) is 122 Å². The number of alkyl carbamates (subject to hydrolysis) is 1. The van der Waals surface area contributed by atoms with Gasteiger partial charge >= 0.3 is 24.9 Å². The first-order chi connectivity index (χ1) is 27.5. The van der Waals surface area contributed by atoms with Crippen LogP contribution >= 0.6 is 0 Å². The van der Waals surface area contributed by atoms with Crippen LogP contribution in [0.5, 0.6) is 11.8 Å². The van der Waals surface area contributed by atoms with Gasteiger partial charge in [0.25, 0.3) is 0 Å². The Morgan fingerprint density at radius 2 is 1.74 bits per heavy atom. The van der Waals surface area contributed by atoms with Crippen molar-refractivity contribution in [2.75, 3.05) is 57.4 Å². The average molecular weight is 794 g/mol. The summed E-state index contributed by atoms with van der Waals surface area (Å²) in [5, 5.41) is 5.13. The zero-order chi connectivity index (χ0) is 39.7. The third-order valence-electron chi connectivity index (χ3n) is 12.0. The predicted octanol–water partition coefficient (Wildman–Crippen LogP) is 7.80. The molecule has 12 nitrogen and oxygen atoms in total. The third kappa shape index (κ3) is 8.10. The number of aryl methyl sites for hydroxylation is 1. The summed E-state index contributed by atoms with van der Waals surface area (Å²) >= 11 is 0. The number of aromatic nitrogens is 3. The number of alkyl halides is 3. The third-order valence-corrected chi connectivity index (χ3v) is 12.0. The summed E-state index contributed by atoms with van der Waals surface area (Å²) in [5.41, 5.74) is 0.971. The minimum absolute atomic E-state index is 0.0526. The number of nitrogens with zero attached hydrogens (tertiary/aromatic N) is 6. The van der Waals surface area contributed by atoms with Crippen LogP contribution in [-0.4, -0.2) is 107 Å². The quantitative estimate of drug-likeness (QED) is 0.205. The Balaban J connectivity index is 0.00000109. The van der Waals surface area contributed by atoms with E-state index in [4.69, 9.17) is 29.2 Å². The molecule has 0 radical (unpaired) electrons. The Morgan fingerprint density at radius 1 is 0.982 bits per heavy atom. The van der Waals surface area contributed by atoms with Crippen LogP contribution in [-0.2, 0) is 11.2 Å². The number of likely N-dealkylation sites (tertiary alicyclic amines) is 1. The van der Waals surface area contributed by atoms with E-state index in [9.17, 15) is 22.8 Å². The highest BCUT2D eigenvalue weighted by molar-refractivity contribution is 6.02. The van der Waals surface area contributed by atoms with Gasteiger partial charge in [-0.1, -0.05) is 18.2 Å². The molecule has 57 heavy (non-hydrogen) atoms. The molecule has 6 aliphatic rings. The number of carbonyl (C=O) groups is 2. The van der Waals surface area contributed by atoms with Crippen molar-refractivity contribution in [2.45, 2.75) is 88.9 Å². The monoisotopic (exact) mass is 793 g/mol. The Bertz CT molecular complexity index is 2140. The molecule has 6 bridgehead atoms. The van der Waals surface area contributed by atoms with E-state index in [2.05, 4.69) is 15.1 Å². The second-order valence-corrected chi connectivity index (χ2v) is 16.0. The van der Waals surface area contributed by atoms with E-state index >= 15 is 4.39 Å². The summed E-state index contributed by atoms with van der Waals surface area (Å²) in [6.07, 6.45) is 9.63. The standard InChI is InChI=1S/C40H46FN7O5.CHF3/c1-39-12-6-17-47(24-39)35-30-23-42-33(32(41)34(30)43-36(44-35)52-25-40-13-7-18-48(40)19-8-14-40)29-22-28(53-38(50)46-15-2-3-16-46)21-27-10-4-9-26(31(27)29)11-5-20-51-37(49)45-39;2-1(3)4/h4,9-10,21-23H,2-3,5-8,11-20,24-25H2,1H3,(H,45,49);1H. The molecule has 0 aliphatic carbocycles. The van der Waals surface area contributed by atoms with Crippen LogP contribution in [0.2, 0.25) is 0 Å². The predicted molar refractivity (Wildman–Crippen MR) is 205 cm³/mol. The summed E-state index contributed by atoms with van der Waals surface area (Å²) in [6.45, 7) is 3.48. The largest absolute Gasteiger partial charge is 0.461 e. The zero-order valence-corrected chi connectivity index (χ0v) is 32.0. The summed E-state index contributed by atoms with van der Waals surface area (Å²) in [4.78, 5) is 47.0. The molecule has 1 atom stereocenters. The highest BCUT2D eigenvalue weighted by Crippen LogP contribution is 2.42. The van der Waals surface area contributed by atoms with E-state index in [1.54, 1.807) is 17.2 Å². The zero-order valence-electron chi connectivity index (χ0n) is 32.0. The number of pyridine rings is 1. The van der Waals surface area contributed by atoms with E-state index in [1.807, 2.05) is 31.2 Å². The first-order valence-electron chi connectivity index (χ1n) is 19.9. The van der Waals surface area contributed by atoms with Gasteiger partial charge in [0.15, 0.2) is 5.82 Å². The van der Waals surface area contributed by atoms with Gasteiger partial charge in [-0.25, -0.2) is 14.0 Å². The Morgan fingerprint density at radius 3 is 2.51 bits per heavy atom. The number of halogens is 4. The number of rotatable bonds is 4. The number of ether oxygens (including phenoxy) is 3.